The number of halogens is 1. The standard InChI is InChI=1S/C17H18FN3/c1-17-9-11-10-20-21(14-5-3-13(18)4-6-14)15(11)8-12(17)2-7-16(17)19/h3-6,8,10,16H,2,7,9,19H2,1H3/t16?,17-/m0/s1. The SMILES string of the molecule is C[C@]12Cc3cnn(-c4ccc(F)cc4)c3C=C1CCC2N. The molecule has 0 radical (unpaired) electrons. The molecule has 4 heteroatoms. The lowest BCUT2D eigenvalue weighted by molar-refractivity contribution is 0.349. The van der Waals surface area contributed by atoms with Gasteiger partial charge >= 0.3 is 0 Å². The molecule has 21 heavy (non-hydrogen) atoms. The number of hydrogen-bond donors (Lipinski definition) is 1. The zero-order valence-corrected chi connectivity index (χ0v) is 12.0. The summed E-state index contributed by atoms with van der Waals surface area (Å²) in [5.41, 5.74) is 11.0. The first kappa shape index (κ1) is 12.8. The molecule has 2 aromatic rings. The van der Waals surface area contributed by atoms with Crippen LogP contribution < -0.4 is 5.73 Å². The van der Waals surface area contributed by atoms with Crippen LogP contribution in [0.1, 0.15) is 31.0 Å². The summed E-state index contributed by atoms with van der Waals surface area (Å²) in [4.78, 5) is 0. The van der Waals surface area contributed by atoms with E-state index in [1.807, 2.05) is 10.9 Å². The minimum absolute atomic E-state index is 0.0731. The maximum atomic E-state index is 13.1. The first-order valence-electron chi connectivity index (χ1n) is 7.37. The third-order valence-corrected chi connectivity index (χ3v) is 5.10. The third kappa shape index (κ3) is 1.79. The predicted octanol–water partition coefficient (Wildman–Crippen LogP) is 3.08. The highest BCUT2D eigenvalue weighted by Gasteiger charge is 2.43. The highest BCUT2D eigenvalue weighted by atomic mass is 19.1. The van der Waals surface area contributed by atoms with Crippen LogP contribution in [0.5, 0.6) is 0 Å². The van der Waals surface area contributed by atoms with E-state index >= 15 is 0 Å². The Morgan fingerprint density at radius 2 is 2.10 bits per heavy atom. The molecule has 1 aromatic carbocycles. The predicted molar refractivity (Wildman–Crippen MR) is 80.5 cm³/mol. The molecule has 0 spiro atoms. The second-order valence-corrected chi connectivity index (χ2v) is 6.35. The fraction of sp³-hybridized carbons (Fsp3) is 0.353. The fourth-order valence-corrected chi connectivity index (χ4v) is 3.67. The quantitative estimate of drug-likeness (QED) is 0.874. The first-order valence-corrected chi connectivity index (χ1v) is 7.37. The lowest BCUT2D eigenvalue weighted by Crippen LogP contribution is -2.38. The van der Waals surface area contributed by atoms with E-state index in [-0.39, 0.29) is 17.3 Å². The van der Waals surface area contributed by atoms with Crippen molar-refractivity contribution in [1.82, 2.24) is 9.78 Å². The summed E-state index contributed by atoms with van der Waals surface area (Å²) in [6.07, 6.45) is 7.21. The van der Waals surface area contributed by atoms with Gasteiger partial charge in [0, 0.05) is 11.5 Å². The molecular weight excluding hydrogens is 265 g/mol. The van der Waals surface area contributed by atoms with E-state index in [0.29, 0.717) is 0 Å². The van der Waals surface area contributed by atoms with Crippen LogP contribution in [-0.4, -0.2) is 15.8 Å². The summed E-state index contributed by atoms with van der Waals surface area (Å²) >= 11 is 0. The van der Waals surface area contributed by atoms with Gasteiger partial charge in [-0.15, -0.1) is 0 Å². The van der Waals surface area contributed by atoms with Crippen molar-refractivity contribution in [3.63, 3.8) is 0 Å². The molecule has 1 saturated carbocycles. The molecule has 2 N–H and O–H groups in total. The zero-order valence-electron chi connectivity index (χ0n) is 12.0. The molecule has 2 aliphatic rings. The highest BCUT2D eigenvalue weighted by Crippen LogP contribution is 2.48. The van der Waals surface area contributed by atoms with Crippen molar-refractivity contribution < 1.29 is 4.39 Å². The van der Waals surface area contributed by atoms with Crippen molar-refractivity contribution >= 4 is 6.08 Å². The molecule has 2 atom stereocenters. The monoisotopic (exact) mass is 283 g/mol. The van der Waals surface area contributed by atoms with Gasteiger partial charge < -0.3 is 5.73 Å². The average molecular weight is 283 g/mol. The van der Waals surface area contributed by atoms with Gasteiger partial charge in [-0.3, -0.25) is 0 Å². The minimum Gasteiger partial charge on any atom is -0.327 e. The molecule has 1 heterocycles. The van der Waals surface area contributed by atoms with Crippen LogP contribution in [0.25, 0.3) is 11.8 Å². The number of rotatable bonds is 1. The molecule has 1 unspecified atom stereocenters. The molecule has 0 saturated heterocycles. The maximum absolute atomic E-state index is 13.1. The molecule has 4 rings (SSSR count). The van der Waals surface area contributed by atoms with Crippen LogP contribution in [0.3, 0.4) is 0 Å². The summed E-state index contributed by atoms with van der Waals surface area (Å²) in [5.74, 6) is -0.229. The van der Waals surface area contributed by atoms with Gasteiger partial charge in [0.2, 0.25) is 0 Å². The molecule has 108 valence electrons. The second kappa shape index (κ2) is 4.28. The maximum Gasteiger partial charge on any atom is 0.123 e. The Labute approximate surface area is 123 Å². The zero-order chi connectivity index (χ0) is 14.6. The fourth-order valence-electron chi connectivity index (χ4n) is 3.67. The van der Waals surface area contributed by atoms with Crippen LogP contribution in [0, 0.1) is 11.2 Å². The number of nitrogens with zero attached hydrogens (tertiary/aromatic N) is 2. The van der Waals surface area contributed by atoms with Crippen molar-refractivity contribution in [2.45, 2.75) is 32.2 Å². The Morgan fingerprint density at radius 1 is 1.33 bits per heavy atom. The summed E-state index contributed by atoms with van der Waals surface area (Å²) in [6.45, 7) is 2.26. The van der Waals surface area contributed by atoms with E-state index in [1.54, 1.807) is 12.1 Å². The number of hydrogen-bond acceptors (Lipinski definition) is 2. The normalized spacial score (nSPS) is 27.2. The summed E-state index contributed by atoms with van der Waals surface area (Å²) in [5, 5.41) is 4.49. The molecule has 3 nitrogen and oxygen atoms in total. The van der Waals surface area contributed by atoms with Crippen LogP contribution in [0.4, 0.5) is 4.39 Å². The molecule has 2 aliphatic carbocycles. The van der Waals surface area contributed by atoms with Crippen molar-refractivity contribution in [3.8, 4) is 5.69 Å². The number of fused-ring (bicyclic) bond motifs is 2. The summed E-state index contributed by atoms with van der Waals surface area (Å²) < 4.78 is 15.0. The van der Waals surface area contributed by atoms with Crippen molar-refractivity contribution in [1.29, 1.82) is 0 Å². The Hall–Kier alpha value is -1.94. The van der Waals surface area contributed by atoms with Crippen LogP contribution in [-0.2, 0) is 6.42 Å². The summed E-state index contributed by atoms with van der Waals surface area (Å²) in [7, 11) is 0. The van der Waals surface area contributed by atoms with Gasteiger partial charge in [0.25, 0.3) is 0 Å². The van der Waals surface area contributed by atoms with Crippen LogP contribution in [0.2, 0.25) is 0 Å². The third-order valence-electron chi connectivity index (χ3n) is 5.10. The molecular formula is C17H18FN3. The number of aromatic nitrogens is 2. The van der Waals surface area contributed by atoms with E-state index in [4.69, 9.17) is 5.73 Å². The first-order chi connectivity index (χ1) is 10.1. The van der Waals surface area contributed by atoms with E-state index in [0.717, 1.165) is 30.6 Å². The number of nitrogens with two attached hydrogens (primary N) is 1. The van der Waals surface area contributed by atoms with Gasteiger partial charge in [-0.05, 0) is 55.2 Å². The van der Waals surface area contributed by atoms with Crippen molar-refractivity contribution in [2.75, 3.05) is 0 Å². The largest absolute Gasteiger partial charge is 0.327 e. The average Bonchev–Trinajstić information content (AvgIpc) is 2.99. The smallest absolute Gasteiger partial charge is 0.123 e. The van der Waals surface area contributed by atoms with Crippen LogP contribution >= 0.6 is 0 Å². The van der Waals surface area contributed by atoms with E-state index < -0.39 is 0 Å². The van der Waals surface area contributed by atoms with Crippen molar-refractivity contribution in [2.24, 2.45) is 11.1 Å². The Morgan fingerprint density at radius 3 is 2.86 bits per heavy atom. The molecule has 0 aliphatic heterocycles. The second-order valence-electron chi connectivity index (χ2n) is 6.35. The van der Waals surface area contributed by atoms with Gasteiger partial charge in [-0.1, -0.05) is 12.5 Å². The van der Waals surface area contributed by atoms with Crippen molar-refractivity contribution in [3.05, 3.63) is 53.1 Å². The van der Waals surface area contributed by atoms with Crippen LogP contribution in [0.15, 0.2) is 36.0 Å². The highest BCUT2D eigenvalue weighted by molar-refractivity contribution is 5.62. The summed E-state index contributed by atoms with van der Waals surface area (Å²) in [6, 6.07) is 6.68. The molecule has 1 fully saturated rings. The molecule has 0 amide bonds. The Kier molecular flexibility index (Phi) is 2.60. The van der Waals surface area contributed by atoms with Gasteiger partial charge in [0.15, 0.2) is 0 Å². The van der Waals surface area contributed by atoms with Gasteiger partial charge in [0.05, 0.1) is 17.6 Å². The van der Waals surface area contributed by atoms with Gasteiger partial charge in [-0.25, -0.2) is 9.07 Å². The Bertz CT molecular complexity index is 729. The molecule has 1 aromatic heterocycles. The van der Waals surface area contributed by atoms with E-state index in [2.05, 4.69) is 18.1 Å². The molecule has 0 bridgehead atoms. The topological polar surface area (TPSA) is 43.8 Å². The van der Waals surface area contributed by atoms with Gasteiger partial charge in [-0.2, -0.15) is 5.10 Å². The Balaban J connectivity index is 1.82. The van der Waals surface area contributed by atoms with E-state index in [1.165, 1.54) is 23.3 Å². The lowest BCUT2D eigenvalue weighted by atomic mass is 9.73. The van der Waals surface area contributed by atoms with Gasteiger partial charge in [0.1, 0.15) is 5.82 Å². The minimum atomic E-state index is -0.229. The number of benzene rings is 1. The van der Waals surface area contributed by atoms with E-state index in [9.17, 15) is 4.39 Å². The lowest BCUT2D eigenvalue weighted by Gasteiger charge is -2.33.